The fourth-order valence-corrected chi connectivity index (χ4v) is 1.90. The second-order valence-corrected chi connectivity index (χ2v) is 4.70. The third kappa shape index (κ3) is 6.11. The molecule has 1 aliphatic carbocycles. The highest BCUT2D eigenvalue weighted by molar-refractivity contribution is 5.69. The van der Waals surface area contributed by atoms with E-state index in [1.165, 1.54) is 12.8 Å². The molecule has 16 heavy (non-hydrogen) atoms. The van der Waals surface area contributed by atoms with E-state index in [0.29, 0.717) is 19.1 Å². The van der Waals surface area contributed by atoms with Crippen LogP contribution in [0.1, 0.15) is 52.4 Å². The molecule has 1 N–H and O–H groups in total. The molecule has 1 unspecified atom stereocenters. The van der Waals surface area contributed by atoms with Gasteiger partial charge < -0.3 is 10.1 Å². The Morgan fingerprint density at radius 1 is 1.38 bits per heavy atom. The van der Waals surface area contributed by atoms with Crippen LogP contribution in [0, 0.1) is 5.92 Å². The molecule has 1 aliphatic rings. The zero-order valence-electron chi connectivity index (χ0n) is 10.6. The Bertz CT molecular complexity index is 202. The number of hydrogen-bond acceptors (Lipinski definition) is 3. The van der Waals surface area contributed by atoms with Crippen molar-refractivity contribution in [1.82, 2.24) is 5.32 Å². The van der Waals surface area contributed by atoms with E-state index in [2.05, 4.69) is 12.2 Å². The standard InChI is InChI=1S/C13H25NO2/c1-3-16-13(15)7-5-4-6-10-14-11(2)12-8-9-12/h11-12,14H,3-10H2,1-2H3. The maximum absolute atomic E-state index is 11.0. The number of esters is 1. The van der Waals surface area contributed by atoms with Gasteiger partial charge in [0.2, 0.25) is 0 Å². The van der Waals surface area contributed by atoms with Crippen LogP contribution in [0.4, 0.5) is 0 Å². The van der Waals surface area contributed by atoms with Crippen LogP contribution < -0.4 is 5.32 Å². The largest absolute Gasteiger partial charge is 0.466 e. The SMILES string of the molecule is CCOC(=O)CCCCCNC(C)C1CC1. The average molecular weight is 227 g/mol. The molecule has 94 valence electrons. The van der Waals surface area contributed by atoms with Crippen molar-refractivity contribution in [2.75, 3.05) is 13.2 Å². The van der Waals surface area contributed by atoms with E-state index in [0.717, 1.165) is 31.7 Å². The van der Waals surface area contributed by atoms with Crippen molar-refractivity contribution in [3.63, 3.8) is 0 Å². The third-order valence-electron chi connectivity index (χ3n) is 3.16. The molecular formula is C13H25NO2. The topological polar surface area (TPSA) is 38.3 Å². The number of hydrogen-bond donors (Lipinski definition) is 1. The minimum absolute atomic E-state index is 0.0539. The molecule has 3 nitrogen and oxygen atoms in total. The summed E-state index contributed by atoms with van der Waals surface area (Å²) in [4.78, 5) is 11.0. The zero-order chi connectivity index (χ0) is 11.8. The minimum atomic E-state index is -0.0539. The summed E-state index contributed by atoms with van der Waals surface area (Å²) in [6.45, 7) is 5.71. The molecule has 0 spiro atoms. The third-order valence-corrected chi connectivity index (χ3v) is 3.16. The minimum Gasteiger partial charge on any atom is -0.466 e. The first-order valence-corrected chi connectivity index (χ1v) is 6.63. The van der Waals surface area contributed by atoms with Gasteiger partial charge in [-0.3, -0.25) is 4.79 Å². The molecule has 0 aromatic carbocycles. The summed E-state index contributed by atoms with van der Waals surface area (Å²) in [7, 11) is 0. The molecule has 1 saturated carbocycles. The summed E-state index contributed by atoms with van der Waals surface area (Å²) in [5.41, 5.74) is 0. The first kappa shape index (κ1) is 13.5. The van der Waals surface area contributed by atoms with Crippen molar-refractivity contribution in [2.45, 2.75) is 58.4 Å². The number of carbonyl (C=O) groups excluding carboxylic acids is 1. The molecule has 0 radical (unpaired) electrons. The number of ether oxygens (including phenoxy) is 1. The van der Waals surface area contributed by atoms with Gasteiger partial charge in [-0.25, -0.2) is 0 Å². The van der Waals surface area contributed by atoms with Gasteiger partial charge in [-0.15, -0.1) is 0 Å². The van der Waals surface area contributed by atoms with E-state index >= 15 is 0 Å². The van der Waals surface area contributed by atoms with Crippen molar-refractivity contribution in [3.05, 3.63) is 0 Å². The summed E-state index contributed by atoms with van der Waals surface area (Å²) in [6, 6.07) is 0.685. The van der Waals surface area contributed by atoms with Crippen LogP contribution in [0.3, 0.4) is 0 Å². The van der Waals surface area contributed by atoms with Crippen LogP contribution in [0.2, 0.25) is 0 Å². The monoisotopic (exact) mass is 227 g/mol. The predicted molar refractivity (Wildman–Crippen MR) is 65.3 cm³/mol. The van der Waals surface area contributed by atoms with Gasteiger partial charge in [-0.05, 0) is 52.0 Å². The van der Waals surface area contributed by atoms with Crippen molar-refractivity contribution < 1.29 is 9.53 Å². The molecular weight excluding hydrogens is 202 g/mol. The lowest BCUT2D eigenvalue weighted by molar-refractivity contribution is -0.143. The van der Waals surface area contributed by atoms with Gasteiger partial charge in [0.05, 0.1) is 6.61 Å². The second-order valence-electron chi connectivity index (χ2n) is 4.70. The predicted octanol–water partition coefficient (Wildman–Crippen LogP) is 2.50. The lowest BCUT2D eigenvalue weighted by atomic mass is 10.1. The summed E-state index contributed by atoms with van der Waals surface area (Å²) in [5, 5.41) is 3.54. The highest BCUT2D eigenvalue weighted by Gasteiger charge is 2.26. The Balaban J connectivity index is 1.82. The Morgan fingerprint density at radius 3 is 2.75 bits per heavy atom. The Labute approximate surface area is 98.9 Å². The molecule has 0 aromatic heterocycles. The fraction of sp³-hybridized carbons (Fsp3) is 0.923. The quantitative estimate of drug-likeness (QED) is 0.486. The van der Waals surface area contributed by atoms with Crippen LogP contribution in [0.5, 0.6) is 0 Å². The number of nitrogens with one attached hydrogen (secondary N) is 1. The van der Waals surface area contributed by atoms with Gasteiger partial charge in [0, 0.05) is 12.5 Å². The molecule has 3 heteroatoms. The highest BCUT2D eigenvalue weighted by Crippen LogP contribution is 2.32. The molecule has 0 heterocycles. The first-order chi connectivity index (χ1) is 7.74. The van der Waals surface area contributed by atoms with Crippen LogP contribution in [-0.2, 0) is 9.53 Å². The van der Waals surface area contributed by atoms with E-state index in [1.54, 1.807) is 0 Å². The van der Waals surface area contributed by atoms with Gasteiger partial charge in [0.15, 0.2) is 0 Å². The Morgan fingerprint density at radius 2 is 2.12 bits per heavy atom. The average Bonchev–Trinajstić information content (AvgIpc) is 3.06. The van der Waals surface area contributed by atoms with Crippen LogP contribution in [-0.4, -0.2) is 25.2 Å². The van der Waals surface area contributed by atoms with Crippen LogP contribution in [0.15, 0.2) is 0 Å². The van der Waals surface area contributed by atoms with Crippen LogP contribution in [0.25, 0.3) is 0 Å². The van der Waals surface area contributed by atoms with Gasteiger partial charge in [0.25, 0.3) is 0 Å². The summed E-state index contributed by atoms with van der Waals surface area (Å²) >= 11 is 0. The maximum Gasteiger partial charge on any atom is 0.305 e. The van der Waals surface area contributed by atoms with Crippen molar-refractivity contribution in [1.29, 1.82) is 0 Å². The van der Waals surface area contributed by atoms with Crippen molar-refractivity contribution >= 4 is 5.97 Å². The molecule has 1 rings (SSSR count). The summed E-state index contributed by atoms with van der Waals surface area (Å²) in [6.07, 6.45) is 6.61. The molecule has 0 amide bonds. The number of unbranched alkanes of at least 4 members (excludes halogenated alkanes) is 2. The molecule has 0 aliphatic heterocycles. The van der Waals surface area contributed by atoms with E-state index < -0.39 is 0 Å². The van der Waals surface area contributed by atoms with Crippen molar-refractivity contribution in [3.8, 4) is 0 Å². The summed E-state index contributed by atoms with van der Waals surface area (Å²) in [5.74, 6) is 0.876. The molecule has 1 fully saturated rings. The first-order valence-electron chi connectivity index (χ1n) is 6.63. The summed E-state index contributed by atoms with van der Waals surface area (Å²) < 4.78 is 4.87. The smallest absolute Gasteiger partial charge is 0.305 e. The Kier molecular flexibility index (Phi) is 6.46. The van der Waals surface area contributed by atoms with Gasteiger partial charge in [0.1, 0.15) is 0 Å². The normalized spacial score (nSPS) is 17.1. The lowest BCUT2D eigenvalue weighted by Gasteiger charge is -2.11. The number of rotatable bonds is 9. The van der Waals surface area contributed by atoms with Gasteiger partial charge in [-0.1, -0.05) is 6.42 Å². The fourth-order valence-electron chi connectivity index (χ4n) is 1.90. The van der Waals surface area contributed by atoms with E-state index in [9.17, 15) is 4.79 Å². The van der Waals surface area contributed by atoms with Crippen molar-refractivity contribution in [2.24, 2.45) is 5.92 Å². The van der Waals surface area contributed by atoms with Gasteiger partial charge in [-0.2, -0.15) is 0 Å². The molecule has 0 aromatic rings. The van der Waals surface area contributed by atoms with E-state index in [4.69, 9.17) is 4.74 Å². The van der Waals surface area contributed by atoms with Crippen LogP contribution >= 0.6 is 0 Å². The highest BCUT2D eigenvalue weighted by atomic mass is 16.5. The van der Waals surface area contributed by atoms with Gasteiger partial charge >= 0.3 is 5.97 Å². The molecule has 0 bridgehead atoms. The van der Waals surface area contributed by atoms with E-state index in [-0.39, 0.29) is 5.97 Å². The zero-order valence-corrected chi connectivity index (χ0v) is 10.6. The van der Waals surface area contributed by atoms with E-state index in [1.807, 2.05) is 6.92 Å². The second kappa shape index (κ2) is 7.66. The number of carbonyl (C=O) groups is 1. The molecule has 1 atom stereocenters. The molecule has 0 saturated heterocycles. The Hall–Kier alpha value is -0.570. The maximum atomic E-state index is 11.0. The lowest BCUT2D eigenvalue weighted by Crippen LogP contribution is -2.28.